The number of nitrogen functional groups attached to an aromatic ring is 1. The molecular weight excluding hydrogens is 435 g/mol. The van der Waals surface area contributed by atoms with E-state index in [1.165, 1.54) is 23.6 Å². The Morgan fingerprint density at radius 2 is 1.90 bits per heavy atom. The maximum Gasteiger partial charge on any atom is 0.445 e. The first-order chi connectivity index (χ1) is 14.3. The van der Waals surface area contributed by atoms with Crippen molar-refractivity contribution in [3.05, 3.63) is 58.6 Å². The Bertz CT molecular complexity index is 1250. The van der Waals surface area contributed by atoms with Crippen LogP contribution in [0.15, 0.2) is 42.5 Å². The largest absolute Gasteiger partial charge is 0.445 e. The second kappa shape index (κ2) is 7.50. The predicted octanol–water partition coefficient (Wildman–Crippen LogP) is 3.45. The number of nitrogens with one attached hydrogen (secondary N) is 1. The van der Waals surface area contributed by atoms with Gasteiger partial charge in [-0.2, -0.15) is 13.2 Å². The number of amides is 1. The number of aromatic nitrogens is 2. The number of alkyl halides is 3. The summed E-state index contributed by atoms with van der Waals surface area (Å²) >= 11 is 1.75. The molecule has 2 aromatic carbocycles. The van der Waals surface area contributed by atoms with Crippen molar-refractivity contribution in [3.63, 3.8) is 0 Å². The lowest BCUT2D eigenvalue weighted by molar-refractivity contribution is -0.138. The molecule has 0 aliphatic heterocycles. The van der Waals surface area contributed by atoms with Crippen molar-refractivity contribution in [1.29, 1.82) is 0 Å². The van der Waals surface area contributed by atoms with Crippen molar-refractivity contribution in [1.82, 2.24) is 10.2 Å². The average molecular weight is 448 g/mol. The maximum absolute atomic E-state index is 12.7. The summed E-state index contributed by atoms with van der Waals surface area (Å²) in [5.74, 6) is -0.648. The van der Waals surface area contributed by atoms with Gasteiger partial charge in [-0.3, -0.25) is 15.5 Å². The van der Waals surface area contributed by atoms with Gasteiger partial charge in [0.25, 0.3) is 5.91 Å². The molecule has 11 heteroatoms. The Hall–Kier alpha value is -3.31. The van der Waals surface area contributed by atoms with E-state index in [0.29, 0.717) is 16.8 Å². The molecule has 0 saturated heterocycles. The molecule has 152 valence electrons. The molecule has 0 saturated carbocycles. The third kappa shape index (κ3) is 3.76. The molecule has 0 spiro atoms. The molecule has 4 rings (SSSR count). The molecule has 6 nitrogen and oxygen atoms in total. The molecule has 0 aliphatic rings. The lowest BCUT2D eigenvalue weighted by Gasteiger charge is -2.09. The molecule has 5 N–H and O–H groups in total. The Balaban J connectivity index is 1.71. The zero-order chi connectivity index (χ0) is 21.5. The molecule has 0 aliphatic carbocycles. The number of nitrogens with zero attached hydrogens (tertiary/aromatic N) is 2. The number of thiophene rings is 1. The monoisotopic (exact) mass is 448 g/mol. The minimum atomic E-state index is -4.63. The quantitative estimate of drug-likeness (QED) is 0.328. The van der Waals surface area contributed by atoms with Gasteiger partial charge in [0.05, 0.1) is 11.3 Å². The SMILES string of the molecule is Nc1c(C=[NH2+])cc(C(=O)Nc2nnc(C(F)(F)F)s2)cc1-c1cc2ccccc2s1. The molecule has 0 atom stereocenters. The van der Waals surface area contributed by atoms with Gasteiger partial charge < -0.3 is 5.73 Å². The second-order valence-electron chi connectivity index (χ2n) is 6.21. The fourth-order valence-electron chi connectivity index (χ4n) is 2.82. The fourth-order valence-corrected chi connectivity index (χ4v) is 4.52. The lowest BCUT2D eigenvalue weighted by atomic mass is 10.0. The van der Waals surface area contributed by atoms with Crippen molar-refractivity contribution >= 4 is 55.7 Å². The van der Waals surface area contributed by atoms with Crippen LogP contribution in [0.4, 0.5) is 24.0 Å². The van der Waals surface area contributed by atoms with E-state index in [1.54, 1.807) is 6.07 Å². The van der Waals surface area contributed by atoms with Gasteiger partial charge in [0.1, 0.15) is 0 Å². The second-order valence-corrected chi connectivity index (χ2v) is 8.27. The van der Waals surface area contributed by atoms with Crippen LogP contribution in [0.3, 0.4) is 0 Å². The van der Waals surface area contributed by atoms with E-state index in [-0.39, 0.29) is 22.0 Å². The minimum absolute atomic E-state index is 0.178. The van der Waals surface area contributed by atoms with Crippen LogP contribution >= 0.6 is 22.7 Å². The summed E-state index contributed by atoms with van der Waals surface area (Å²) < 4.78 is 39.1. The van der Waals surface area contributed by atoms with Gasteiger partial charge in [-0.1, -0.05) is 29.5 Å². The van der Waals surface area contributed by atoms with E-state index in [1.807, 2.05) is 30.3 Å². The van der Waals surface area contributed by atoms with E-state index >= 15 is 0 Å². The Morgan fingerprint density at radius 3 is 2.57 bits per heavy atom. The Kier molecular flexibility index (Phi) is 5.00. The molecule has 1 amide bonds. The van der Waals surface area contributed by atoms with Gasteiger partial charge in [0.2, 0.25) is 10.1 Å². The maximum atomic E-state index is 12.7. The van der Waals surface area contributed by atoms with Crippen molar-refractivity contribution in [2.24, 2.45) is 0 Å². The predicted molar refractivity (Wildman–Crippen MR) is 112 cm³/mol. The van der Waals surface area contributed by atoms with E-state index in [0.717, 1.165) is 15.0 Å². The van der Waals surface area contributed by atoms with Crippen molar-refractivity contribution in [2.45, 2.75) is 6.18 Å². The fraction of sp³-hybridized carbons (Fsp3) is 0.0526. The summed E-state index contributed by atoms with van der Waals surface area (Å²) in [6, 6.07) is 12.8. The molecular formula is C19H13F3N5OS2+. The summed E-state index contributed by atoms with van der Waals surface area (Å²) in [4.78, 5) is 13.5. The van der Waals surface area contributed by atoms with Crippen LogP contribution in [0.5, 0.6) is 0 Å². The summed E-state index contributed by atoms with van der Waals surface area (Å²) in [5.41, 5.74) is 7.85. The molecule has 4 aromatic rings. The van der Waals surface area contributed by atoms with Crippen LogP contribution in [0.2, 0.25) is 0 Å². The van der Waals surface area contributed by atoms with Crippen molar-refractivity contribution in [2.75, 3.05) is 11.1 Å². The highest BCUT2D eigenvalue weighted by atomic mass is 32.1. The van der Waals surface area contributed by atoms with Gasteiger partial charge in [0, 0.05) is 20.7 Å². The normalized spacial score (nSPS) is 11.6. The van der Waals surface area contributed by atoms with Gasteiger partial charge in [-0.15, -0.1) is 21.5 Å². The minimum Gasteiger partial charge on any atom is -0.398 e. The molecule has 0 fully saturated rings. The van der Waals surface area contributed by atoms with E-state index in [2.05, 4.69) is 15.5 Å². The molecule has 0 bridgehead atoms. The van der Waals surface area contributed by atoms with Crippen LogP contribution in [0, 0.1) is 0 Å². The van der Waals surface area contributed by atoms with Crippen molar-refractivity contribution < 1.29 is 23.4 Å². The number of rotatable bonds is 4. The van der Waals surface area contributed by atoms with Crippen LogP contribution in [-0.2, 0) is 6.18 Å². The summed E-state index contributed by atoms with van der Waals surface area (Å²) in [6.07, 6.45) is -3.35. The van der Waals surface area contributed by atoms with Crippen LogP contribution in [0.25, 0.3) is 20.5 Å². The highest BCUT2D eigenvalue weighted by Gasteiger charge is 2.35. The average Bonchev–Trinajstić information content (AvgIpc) is 3.34. The zero-order valence-electron chi connectivity index (χ0n) is 15.0. The highest BCUT2D eigenvalue weighted by Crippen LogP contribution is 2.38. The first-order valence-electron chi connectivity index (χ1n) is 8.45. The first-order valence-corrected chi connectivity index (χ1v) is 10.1. The van der Waals surface area contributed by atoms with Crippen LogP contribution < -0.4 is 16.5 Å². The summed E-state index contributed by atoms with van der Waals surface area (Å²) in [6.45, 7) is 0. The van der Waals surface area contributed by atoms with E-state index < -0.39 is 17.1 Å². The first kappa shape index (κ1) is 20.0. The van der Waals surface area contributed by atoms with Crippen LogP contribution in [-0.4, -0.2) is 22.3 Å². The third-order valence-corrected chi connectivity index (χ3v) is 6.27. The smallest absolute Gasteiger partial charge is 0.398 e. The third-order valence-electron chi connectivity index (χ3n) is 4.23. The number of halogens is 3. The zero-order valence-corrected chi connectivity index (χ0v) is 16.7. The highest BCUT2D eigenvalue weighted by molar-refractivity contribution is 7.22. The number of carbonyl (C=O) groups excluding carboxylic acids is 1. The van der Waals surface area contributed by atoms with E-state index in [4.69, 9.17) is 11.1 Å². The van der Waals surface area contributed by atoms with Crippen molar-refractivity contribution in [3.8, 4) is 10.4 Å². The number of hydrogen-bond donors (Lipinski definition) is 3. The topological polar surface area (TPSA) is 106 Å². The van der Waals surface area contributed by atoms with Gasteiger partial charge in [-0.25, -0.2) is 0 Å². The molecule has 0 unspecified atom stereocenters. The van der Waals surface area contributed by atoms with Gasteiger partial charge in [-0.05, 0) is 29.7 Å². The number of carbonyl (C=O) groups is 1. The standard InChI is InChI=1S/C19H12F3N5OS2/c20-19(21,22)17-26-27-18(30-17)25-16(28)10-5-11(8-23)15(24)12(6-10)14-7-9-3-1-2-4-13(9)29-14/h1-8,23H,24H2,(H,25,27,28)/p+1. The molecule has 2 heterocycles. The molecule has 2 aromatic heterocycles. The molecule has 0 radical (unpaired) electrons. The summed E-state index contributed by atoms with van der Waals surface area (Å²) in [7, 11) is 0. The number of nitrogens with two attached hydrogens (primary N) is 2. The number of anilines is 2. The van der Waals surface area contributed by atoms with Crippen LogP contribution in [0.1, 0.15) is 20.9 Å². The number of hydrogen-bond acceptors (Lipinski definition) is 6. The van der Waals surface area contributed by atoms with Gasteiger partial charge >= 0.3 is 6.18 Å². The Labute approximate surface area is 175 Å². The Morgan fingerprint density at radius 1 is 1.13 bits per heavy atom. The lowest BCUT2D eigenvalue weighted by Crippen LogP contribution is -2.30. The number of fused-ring (bicyclic) bond motifs is 1. The number of benzene rings is 2. The van der Waals surface area contributed by atoms with Gasteiger partial charge in [0.15, 0.2) is 6.21 Å². The van der Waals surface area contributed by atoms with E-state index in [9.17, 15) is 18.0 Å². The molecule has 30 heavy (non-hydrogen) atoms. The summed E-state index contributed by atoms with van der Waals surface area (Å²) in [5, 5.41) is 14.1.